The Balaban J connectivity index is 1.25. The Labute approximate surface area is 246 Å². The van der Waals surface area contributed by atoms with Crippen molar-refractivity contribution in [3.63, 3.8) is 0 Å². The molecule has 0 bridgehead atoms. The summed E-state index contributed by atoms with van der Waals surface area (Å²) >= 11 is 0. The molecule has 0 saturated carbocycles. The SMILES string of the molecule is COc1nc(NCCCN2CCOCC2)nc(OC)c1NC(=O)c1ccc(Cc2c(C)cc3c(c2C)C(C)(C)CO3)o1. The molecule has 5 rings (SSSR count). The normalized spacial score (nSPS) is 16.0. The number of anilines is 2. The number of ether oxygens (including phenoxy) is 4. The number of amides is 1. The van der Waals surface area contributed by atoms with E-state index in [1.807, 2.05) is 6.07 Å². The average molecular weight is 580 g/mol. The summed E-state index contributed by atoms with van der Waals surface area (Å²) in [6, 6.07) is 5.60. The van der Waals surface area contributed by atoms with Gasteiger partial charge in [-0.1, -0.05) is 13.8 Å². The zero-order valence-electron chi connectivity index (χ0n) is 25.4. The number of fused-ring (bicyclic) bond motifs is 1. The van der Waals surface area contributed by atoms with Gasteiger partial charge in [0.05, 0.1) is 34.0 Å². The van der Waals surface area contributed by atoms with E-state index >= 15 is 0 Å². The van der Waals surface area contributed by atoms with E-state index in [4.69, 9.17) is 23.4 Å². The highest BCUT2D eigenvalue weighted by Crippen LogP contribution is 2.43. The second kappa shape index (κ2) is 12.6. The number of furan rings is 1. The van der Waals surface area contributed by atoms with Gasteiger partial charge in [-0.3, -0.25) is 9.69 Å². The highest BCUT2D eigenvalue weighted by Gasteiger charge is 2.35. The number of morpholine rings is 1. The summed E-state index contributed by atoms with van der Waals surface area (Å²) in [7, 11) is 2.97. The van der Waals surface area contributed by atoms with Gasteiger partial charge in [-0.25, -0.2) is 0 Å². The Hall–Kier alpha value is -3.83. The molecule has 1 amide bonds. The maximum atomic E-state index is 13.2. The van der Waals surface area contributed by atoms with E-state index in [1.54, 1.807) is 6.07 Å². The van der Waals surface area contributed by atoms with E-state index in [0.717, 1.165) is 50.6 Å². The first kappa shape index (κ1) is 29.7. The number of aryl methyl sites for hydroxylation is 1. The number of nitrogens with one attached hydrogen (secondary N) is 2. The van der Waals surface area contributed by atoms with Crippen LogP contribution in [-0.2, 0) is 16.6 Å². The molecular weight excluding hydrogens is 538 g/mol. The van der Waals surface area contributed by atoms with Crippen LogP contribution in [0, 0.1) is 13.8 Å². The van der Waals surface area contributed by atoms with E-state index in [2.05, 4.69) is 59.3 Å². The summed E-state index contributed by atoms with van der Waals surface area (Å²) in [6.45, 7) is 14.4. The number of carbonyl (C=O) groups excluding carboxylic acids is 1. The number of carbonyl (C=O) groups is 1. The first-order valence-corrected chi connectivity index (χ1v) is 14.4. The van der Waals surface area contributed by atoms with Crippen LogP contribution in [0.5, 0.6) is 17.5 Å². The first-order valence-electron chi connectivity index (χ1n) is 14.4. The Morgan fingerprint density at radius 3 is 2.50 bits per heavy atom. The third kappa shape index (κ3) is 6.32. The van der Waals surface area contributed by atoms with E-state index in [0.29, 0.717) is 31.3 Å². The van der Waals surface area contributed by atoms with Crippen molar-refractivity contribution in [2.24, 2.45) is 0 Å². The van der Waals surface area contributed by atoms with Crippen molar-refractivity contribution < 1.29 is 28.2 Å². The maximum absolute atomic E-state index is 13.2. The van der Waals surface area contributed by atoms with Gasteiger partial charge in [-0.05, 0) is 61.7 Å². The lowest BCUT2D eigenvalue weighted by atomic mass is 9.81. The molecule has 4 heterocycles. The van der Waals surface area contributed by atoms with Gasteiger partial charge in [0, 0.05) is 37.0 Å². The summed E-state index contributed by atoms with van der Waals surface area (Å²) in [5.74, 6) is 2.09. The molecule has 1 fully saturated rings. The monoisotopic (exact) mass is 579 g/mol. The lowest BCUT2D eigenvalue weighted by molar-refractivity contribution is 0.0378. The first-order chi connectivity index (χ1) is 20.2. The van der Waals surface area contributed by atoms with Crippen molar-refractivity contribution in [2.75, 3.05) is 70.9 Å². The van der Waals surface area contributed by atoms with Crippen LogP contribution < -0.4 is 24.8 Å². The molecule has 0 radical (unpaired) electrons. The minimum Gasteiger partial charge on any atom is -0.492 e. The van der Waals surface area contributed by atoms with Gasteiger partial charge in [0.2, 0.25) is 17.7 Å². The smallest absolute Gasteiger partial charge is 0.291 e. The van der Waals surface area contributed by atoms with Crippen LogP contribution in [0.1, 0.15) is 58.8 Å². The molecule has 11 nitrogen and oxygen atoms in total. The summed E-state index contributed by atoms with van der Waals surface area (Å²) in [5.41, 5.74) is 4.93. The summed E-state index contributed by atoms with van der Waals surface area (Å²) < 4.78 is 28.3. The summed E-state index contributed by atoms with van der Waals surface area (Å²) in [6.07, 6.45) is 1.49. The van der Waals surface area contributed by atoms with Crippen LogP contribution in [0.3, 0.4) is 0 Å². The van der Waals surface area contributed by atoms with E-state index in [-0.39, 0.29) is 28.6 Å². The third-order valence-electron chi connectivity index (χ3n) is 7.91. The van der Waals surface area contributed by atoms with Crippen LogP contribution in [-0.4, -0.2) is 81.0 Å². The third-order valence-corrected chi connectivity index (χ3v) is 7.91. The standard InChI is InChI=1S/C31H41N5O6/c1-19-16-24-25(31(3,4)18-41-24)20(2)22(19)17-21-8-9-23(42-21)27(37)33-26-28(38-5)34-30(35-29(26)39-6)32-10-7-11-36-12-14-40-15-13-36/h8-9,16H,7,10-15,17-18H2,1-6H3,(H,33,37)(H,32,34,35). The van der Waals surface area contributed by atoms with Crippen LogP contribution in [0.4, 0.5) is 11.6 Å². The van der Waals surface area contributed by atoms with Gasteiger partial charge in [-0.15, -0.1) is 0 Å². The maximum Gasteiger partial charge on any atom is 0.291 e. The summed E-state index contributed by atoms with van der Waals surface area (Å²) in [5, 5.41) is 6.03. The molecule has 0 aliphatic carbocycles. The van der Waals surface area contributed by atoms with Gasteiger partial charge in [0.1, 0.15) is 11.5 Å². The molecule has 0 spiro atoms. The topological polar surface area (TPSA) is 120 Å². The Kier molecular flexibility index (Phi) is 8.88. The molecule has 226 valence electrons. The highest BCUT2D eigenvalue weighted by atomic mass is 16.5. The lowest BCUT2D eigenvalue weighted by Crippen LogP contribution is -2.37. The van der Waals surface area contributed by atoms with Crippen molar-refractivity contribution >= 4 is 17.5 Å². The predicted octanol–water partition coefficient (Wildman–Crippen LogP) is 4.35. The molecule has 2 aromatic heterocycles. The molecule has 2 aliphatic heterocycles. The Morgan fingerprint density at radius 1 is 1.10 bits per heavy atom. The minimum absolute atomic E-state index is 0.0513. The van der Waals surface area contributed by atoms with Gasteiger partial charge >= 0.3 is 0 Å². The molecule has 3 aromatic rings. The van der Waals surface area contributed by atoms with Crippen molar-refractivity contribution in [1.82, 2.24) is 14.9 Å². The molecule has 2 aliphatic rings. The zero-order chi connectivity index (χ0) is 29.9. The van der Waals surface area contributed by atoms with Crippen molar-refractivity contribution in [1.29, 1.82) is 0 Å². The van der Waals surface area contributed by atoms with Gasteiger partial charge in [-0.2, -0.15) is 9.97 Å². The Morgan fingerprint density at radius 2 is 1.81 bits per heavy atom. The van der Waals surface area contributed by atoms with Crippen LogP contribution in [0.15, 0.2) is 22.6 Å². The molecular formula is C31H41N5O6. The number of hydrogen-bond acceptors (Lipinski definition) is 10. The van der Waals surface area contributed by atoms with E-state index in [1.165, 1.54) is 30.9 Å². The molecule has 0 unspecified atom stereocenters. The second-order valence-electron chi connectivity index (χ2n) is 11.4. The summed E-state index contributed by atoms with van der Waals surface area (Å²) in [4.78, 5) is 24.5. The zero-order valence-corrected chi connectivity index (χ0v) is 25.4. The molecule has 2 N–H and O–H groups in total. The quantitative estimate of drug-likeness (QED) is 0.317. The fourth-order valence-corrected chi connectivity index (χ4v) is 5.72. The second-order valence-corrected chi connectivity index (χ2v) is 11.4. The minimum atomic E-state index is -0.454. The largest absolute Gasteiger partial charge is 0.492 e. The highest BCUT2D eigenvalue weighted by molar-refractivity contribution is 6.03. The molecule has 42 heavy (non-hydrogen) atoms. The van der Waals surface area contributed by atoms with Gasteiger partial charge < -0.3 is 34.0 Å². The number of hydrogen-bond donors (Lipinski definition) is 2. The number of nitrogens with zero attached hydrogens (tertiary/aromatic N) is 3. The fourth-order valence-electron chi connectivity index (χ4n) is 5.72. The van der Waals surface area contributed by atoms with Gasteiger partial charge in [0.25, 0.3) is 5.91 Å². The average Bonchev–Trinajstić information content (AvgIpc) is 3.57. The van der Waals surface area contributed by atoms with Crippen molar-refractivity contribution in [2.45, 2.75) is 46.0 Å². The Bertz CT molecular complexity index is 1400. The van der Waals surface area contributed by atoms with Gasteiger partial charge in [0.15, 0.2) is 11.4 Å². The van der Waals surface area contributed by atoms with Crippen LogP contribution in [0.25, 0.3) is 0 Å². The predicted molar refractivity (Wildman–Crippen MR) is 159 cm³/mol. The van der Waals surface area contributed by atoms with Crippen molar-refractivity contribution in [3.8, 4) is 17.5 Å². The van der Waals surface area contributed by atoms with E-state index in [9.17, 15) is 4.79 Å². The molecule has 11 heteroatoms. The fraction of sp³-hybridized carbons (Fsp3) is 0.516. The molecule has 1 saturated heterocycles. The lowest BCUT2D eigenvalue weighted by Gasteiger charge is -2.26. The number of rotatable bonds is 11. The van der Waals surface area contributed by atoms with E-state index < -0.39 is 5.91 Å². The molecule has 1 aromatic carbocycles. The van der Waals surface area contributed by atoms with Crippen LogP contribution in [0.2, 0.25) is 0 Å². The number of methoxy groups -OCH3 is 2. The number of benzene rings is 1. The van der Waals surface area contributed by atoms with Crippen molar-refractivity contribution in [3.05, 3.63) is 52.0 Å². The molecule has 0 atom stereocenters. The number of aromatic nitrogens is 2. The van der Waals surface area contributed by atoms with Crippen LogP contribution >= 0.6 is 0 Å².